The van der Waals surface area contributed by atoms with Crippen molar-refractivity contribution in [2.75, 3.05) is 13.1 Å². The van der Waals surface area contributed by atoms with Crippen LogP contribution in [0, 0.1) is 0 Å². The number of Topliss-reactive ketones (excluding diaryl/α,β-unsaturated/α-hetero) is 1. The maximum absolute atomic E-state index is 12.2. The van der Waals surface area contributed by atoms with Gasteiger partial charge < -0.3 is 4.90 Å². The molecule has 0 spiro atoms. The summed E-state index contributed by atoms with van der Waals surface area (Å²) >= 11 is 0. The van der Waals surface area contributed by atoms with Gasteiger partial charge in [0.25, 0.3) is 0 Å². The number of rotatable bonds is 7. The van der Waals surface area contributed by atoms with Gasteiger partial charge in [0.1, 0.15) is 5.78 Å². The van der Waals surface area contributed by atoms with E-state index in [0.29, 0.717) is 19.3 Å². The van der Waals surface area contributed by atoms with Crippen LogP contribution in [0.1, 0.15) is 51.5 Å². The molecule has 3 heteroatoms. The number of hydrogen-bond acceptors (Lipinski definition) is 2. The molecule has 114 valence electrons. The highest BCUT2D eigenvalue weighted by molar-refractivity contribution is 5.80. The fourth-order valence-corrected chi connectivity index (χ4v) is 2.98. The molecule has 2 rings (SSSR count). The van der Waals surface area contributed by atoms with Crippen molar-refractivity contribution >= 4 is 11.7 Å². The molecule has 0 bridgehead atoms. The Bertz CT molecular complexity index is 493. The van der Waals surface area contributed by atoms with Crippen LogP contribution in [-0.2, 0) is 15.0 Å². The second-order valence-electron chi connectivity index (χ2n) is 6.55. The molecule has 1 aromatic carbocycles. The van der Waals surface area contributed by atoms with E-state index in [2.05, 4.69) is 26.0 Å². The standard InChI is InChI=1S/C18H25NO2/c1-18(2,15-8-4-3-5-9-15)14-16(20)10-6-12-19-13-7-11-17(19)21/h3-5,8-9H,6-7,10-14H2,1-2H3. The Morgan fingerprint density at radius 3 is 2.57 bits per heavy atom. The molecular formula is C18H25NO2. The lowest BCUT2D eigenvalue weighted by Crippen LogP contribution is -2.27. The molecule has 0 N–H and O–H groups in total. The maximum Gasteiger partial charge on any atom is 0.222 e. The van der Waals surface area contributed by atoms with Gasteiger partial charge in [-0.3, -0.25) is 9.59 Å². The van der Waals surface area contributed by atoms with Crippen LogP contribution in [0.25, 0.3) is 0 Å². The molecule has 0 unspecified atom stereocenters. The van der Waals surface area contributed by atoms with Crippen molar-refractivity contribution in [1.29, 1.82) is 0 Å². The number of hydrogen-bond donors (Lipinski definition) is 0. The van der Waals surface area contributed by atoms with Crippen molar-refractivity contribution < 1.29 is 9.59 Å². The molecule has 3 nitrogen and oxygen atoms in total. The Morgan fingerprint density at radius 1 is 1.24 bits per heavy atom. The van der Waals surface area contributed by atoms with Crippen LogP contribution in [0.3, 0.4) is 0 Å². The minimum Gasteiger partial charge on any atom is -0.343 e. The average Bonchev–Trinajstić information content (AvgIpc) is 2.85. The molecule has 1 saturated heterocycles. The van der Waals surface area contributed by atoms with Gasteiger partial charge in [0.2, 0.25) is 5.91 Å². The minimum atomic E-state index is -0.123. The van der Waals surface area contributed by atoms with Gasteiger partial charge >= 0.3 is 0 Å². The van der Waals surface area contributed by atoms with E-state index in [4.69, 9.17) is 0 Å². The molecule has 0 aromatic heterocycles. The molecule has 21 heavy (non-hydrogen) atoms. The second-order valence-corrected chi connectivity index (χ2v) is 6.55. The van der Waals surface area contributed by atoms with Gasteiger partial charge in [-0.15, -0.1) is 0 Å². The quantitative estimate of drug-likeness (QED) is 0.771. The number of carbonyl (C=O) groups is 2. The lowest BCUT2D eigenvalue weighted by Gasteiger charge is -2.24. The van der Waals surface area contributed by atoms with Crippen molar-refractivity contribution in [2.24, 2.45) is 0 Å². The summed E-state index contributed by atoms with van der Waals surface area (Å²) in [5, 5.41) is 0. The van der Waals surface area contributed by atoms with Crippen molar-refractivity contribution in [3.05, 3.63) is 35.9 Å². The molecule has 1 amide bonds. The molecule has 1 aliphatic heterocycles. The fraction of sp³-hybridized carbons (Fsp3) is 0.556. The third kappa shape index (κ3) is 4.42. The maximum atomic E-state index is 12.2. The molecule has 0 atom stereocenters. The van der Waals surface area contributed by atoms with E-state index < -0.39 is 0 Å². The second kappa shape index (κ2) is 6.88. The van der Waals surface area contributed by atoms with Gasteiger partial charge in [0.05, 0.1) is 0 Å². The smallest absolute Gasteiger partial charge is 0.222 e. The zero-order chi connectivity index (χ0) is 15.3. The van der Waals surface area contributed by atoms with Crippen molar-refractivity contribution in [1.82, 2.24) is 4.90 Å². The van der Waals surface area contributed by atoms with Crippen molar-refractivity contribution in [2.45, 2.75) is 51.4 Å². The zero-order valence-corrected chi connectivity index (χ0v) is 13.1. The lowest BCUT2D eigenvalue weighted by atomic mass is 9.79. The number of carbonyl (C=O) groups excluding carboxylic acids is 2. The lowest BCUT2D eigenvalue weighted by molar-refractivity contribution is -0.128. The monoisotopic (exact) mass is 287 g/mol. The van der Waals surface area contributed by atoms with E-state index in [1.807, 2.05) is 23.1 Å². The minimum absolute atomic E-state index is 0.123. The Labute approximate surface area is 127 Å². The van der Waals surface area contributed by atoms with Crippen LogP contribution in [0.15, 0.2) is 30.3 Å². The van der Waals surface area contributed by atoms with Crippen LogP contribution >= 0.6 is 0 Å². The number of ketones is 1. The summed E-state index contributed by atoms with van der Waals surface area (Å²) in [6.07, 6.45) is 3.56. The van der Waals surface area contributed by atoms with E-state index in [9.17, 15) is 9.59 Å². The zero-order valence-electron chi connectivity index (χ0n) is 13.1. The highest BCUT2D eigenvalue weighted by atomic mass is 16.2. The molecule has 0 aliphatic carbocycles. The SMILES string of the molecule is CC(C)(CC(=O)CCCN1CCCC1=O)c1ccccc1. The first kappa shape index (κ1) is 15.7. The topological polar surface area (TPSA) is 37.4 Å². The van der Waals surface area contributed by atoms with Crippen LogP contribution in [-0.4, -0.2) is 29.7 Å². The summed E-state index contributed by atoms with van der Waals surface area (Å²) < 4.78 is 0. The molecule has 1 fully saturated rings. The summed E-state index contributed by atoms with van der Waals surface area (Å²) in [6.45, 7) is 5.83. The van der Waals surface area contributed by atoms with E-state index in [1.54, 1.807) is 0 Å². The number of nitrogens with zero attached hydrogens (tertiary/aromatic N) is 1. The largest absolute Gasteiger partial charge is 0.343 e. The molecule has 1 aliphatic rings. The molecule has 1 aromatic rings. The van der Waals surface area contributed by atoms with Crippen molar-refractivity contribution in [3.63, 3.8) is 0 Å². The summed E-state index contributed by atoms with van der Waals surface area (Å²) in [5.41, 5.74) is 1.08. The van der Waals surface area contributed by atoms with E-state index in [0.717, 1.165) is 25.9 Å². The molecule has 0 saturated carbocycles. The number of benzene rings is 1. The first-order chi connectivity index (χ1) is 9.99. The van der Waals surface area contributed by atoms with E-state index >= 15 is 0 Å². The summed E-state index contributed by atoms with van der Waals surface area (Å²) in [5.74, 6) is 0.530. The predicted octanol–water partition coefficient (Wildman–Crippen LogP) is 3.33. The van der Waals surface area contributed by atoms with Crippen LogP contribution in [0.4, 0.5) is 0 Å². The normalized spacial score (nSPS) is 15.5. The first-order valence-corrected chi connectivity index (χ1v) is 7.84. The average molecular weight is 287 g/mol. The summed E-state index contributed by atoms with van der Waals surface area (Å²) in [4.78, 5) is 25.6. The predicted molar refractivity (Wildman–Crippen MR) is 84.1 cm³/mol. The number of amides is 1. The highest BCUT2D eigenvalue weighted by Gasteiger charge is 2.24. The van der Waals surface area contributed by atoms with Gasteiger partial charge in [0, 0.05) is 32.4 Å². The Kier molecular flexibility index (Phi) is 5.16. The third-order valence-corrected chi connectivity index (χ3v) is 4.25. The summed E-state index contributed by atoms with van der Waals surface area (Å²) in [6, 6.07) is 10.2. The fourth-order valence-electron chi connectivity index (χ4n) is 2.98. The van der Waals surface area contributed by atoms with Crippen LogP contribution in [0.5, 0.6) is 0 Å². The first-order valence-electron chi connectivity index (χ1n) is 7.84. The highest BCUT2D eigenvalue weighted by Crippen LogP contribution is 2.27. The number of likely N-dealkylation sites (tertiary alicyclic amines) is 1. The van der Waals surface area contributed by atoms with Gasteiger partial charge in [0.15, 0.2) is 0 Å². The van der Waals surface area contributed by atoms with Gasteiger partial charge in [-0.2, -0.15) is 0 Å². The Hall–Kier alpha value is -1.64. The van der Waals surface area contributed by atoms with Crippen LogP contribution < -0.4 is 0 Å². The van der Waals surface area contributed by atoms with E-state index in [1.165, 1.54) is 5.56 Å². The molecule has 1 heterocycles. The van der Waals surface area contributed by atoms with Crippen molar-refractivity contribution in [3.8, 4) is 0 Å². The third-order valence-electron chi connectivity index (χ3n) is 4.25. The summed E-state index contributed by atoms with van der Waals surface area (Å²) in [7, 11) is 0. The molecular weight excluding hydrogens is 262 g/mol. The van der Waals surface area contributed by atoms with Gasteiger partial charge in [-0.1, -0.05) is 44.2 Å². The van der Waals surface area contributed by atoms with E-state index in [-0.39, 0.29) is 17.1 Å². The van der Waals surface area contributed by atoms with Gasteiger partial charge in [-0.25, -0.2) is 0 Å². The van der Waals surface area contributed by atoms with Gasteiger partial charge in [-0.05, 0) is 23.8 Å². The molecule has 0 radical (unpaired) electrons. The Balaban J connectivity index is 1.77. The van der Waals surface area contributed by atoms with Crippen LogP contribution in [0.2, 0.25) is 0 Å². The Morgan fingerprint density at radius 2 is 1.95 bits per heavy atom.